The lowest BCUT2D eigenvalue weighted by Crippen LogP contribution is -2.03. The van der Waals surface area contributed by atoms with Gasteiger partial charge < -0.3 is 5.11 Å². The second kappa shape index (κ2) is 4.77. The number of rotatable bonds is 2. The fourth-order valence-electron chi connectivity index (χ4n) is 3.25. The molecule has 1 aliphatic carbocycles. The Morgan fingerprint density at radius 2 is 1.74 bits per heavy atom. The van der Waals surface area contributed by atoms with E-state index in [1.54, 1.807) is 11.3 Å². The number of hydrogen-bond acceptors (Lipinski definition) is 2. The summed E-state index contributed by atoms with van der Waals surface area (Å²) in [7, 11) is 0. The van der Waals surface area contributed by atoms with Crippen molar-refractivity contribution in [3.05, 3.63) is 55.8 Å². The summed E-state index contributed by atoms with van der Waals surface area (Å²) in [5, 5.41) is 10.7. The maximum Gasteiger partial charge on any atom is 0.114 e. The molecule has 1 aliphatic rings. The molecule has 0 saturated heterocycles. The monoisotopic (exact) mass is 272 g/mol. The molecule has 0 saturated carbocycles. The number of aryl methyl sites for hydroxylation is 5. The SMILES string of the molecule is Cc1cc(C)c(C(O)c2cc3c(s2)CCC3)c(C)c1. The van der Waals surface area contributed by atoms with Crippen molar-refractivity contribution in [2.45, 2.75) is 46.1 Å². The Morgan fingerprint density at radius 3 is 2.37 bits per heavy atom. The number of benzene rings is 1. The first-order valence-electron chi connectivity index (χ1n) is 6.93. The number of thiophene rings is 1. The number of hydrogen-bond donors (Lipinski definition) is 1. The zero-order chi connectivity index (χ0) is 13.6. The second-order valence-electron chi connectivity index (χ2n) is 5.67. The van der Waals surface area contributed by atoms with Crippen molar-refractivity contribution in [3.8, 4) is 0 Å². The first-order valence-corrected chi connectivity index (χ1v) is 7.75. The fourth-order valence-corrected chi connectivity index (χ4v) is 4.51. The van der Waals surface area contributed by atoms with Gasteiger partial charge in [0.25, 0.3) is 0 Å². The van der Waals surface area contributed by atoms with Crippen molar-refractivity contribution >= 4 is 11.3 Å². The van der Waals surface area contributed by atoms with Crippen LogP contribution in [0.5, 0.6) is 0 Å². The van der Waals surface area contributed by atoms with Gasteiger partial charge in [-0.15, -0.1) is 11.3 Å². The van der Waals surface area contributed by atoms with E-state index in [1.807, 2.05) is 0 Å². The Morgan fingerprint density at radius 1 is 1.05 bits per heavy atom. The van der Waals surface area contributed by atoms with Gasteiger partial charge in [-0.25, -0.2) is 0 Å². The number of aliphatic hydroxyl groups excluding tert-OH is 1. The van der Waals surface area contributed by atoms with E-state index in [1.165, 1.54) is 46.4 Å². The lowest BCUT2D eigenvalue weighted by atomic mass is 9.95. The molecule has 0 spiro atoms. The van der Waals surface area contributed by atoms with E-state index in [2.05, 4.69) is 39.0 Å². The smallest absolute Gasteiger partial charge is 0.114 e. The van der Waals surface area contributed by atoms with Gasteiger partial charge in [0.2, 0.25) is 0 Å². The van der Waals surface area contributed by atoms with Gasteiger partial charge in [0.15, 0.2) is 0 Å². The van der Waals surface area contributed by atoms with Gasteiger partial charge in [-0.1, -0.05) is 17.7 Å². The highest BCUT2D eigenvalue weighted by molar-refractivity contribution is 7.12. The summed E-state index contributed by atoms with van der Waals surface area (Å²) in [4.78, 5) is 2.59. The van der Waals surface area contributed by atoms with E-state index < -0.39 is 6.10 Å². The minimum Gasteiger partial charge on any atom is -0.383 e. The van der Waals surface area contributed by atoms with Crippen molar-refractivity contribution in [2.75, 3.05) is 0 Å². The first-order chi connectivity index (χ1) is 9.06. The summed E-state index contributed by atoms with van der Waals surface area (Å²) in [5.74, 6) is 0. The Balaban J connectivity index is 2.01. The van der Waals surface area contributed by atoms with Crippen LogP contribution in [0.15, 0.2) is 18.2 Å². The Bertz CT molecular complexity index is 580. The van der Waals surface area contributed by atoms with Gasteiger partial charge in [-0.2, -0.15) is 0 Å². The Labute approximate surface area is 118 Å². The summed E-state index contributed by atoms with van der Waals surface area (Å²) in [6.07, 6.45) is 3.19. The fraction of sp³-hybridized carbons (Fsp3) is 0.412. The summed E-state index contributed by atoms with van der Waals surface area (Å²) >= 11 is 1.80. The molecular formula is C17H20OS. The molecule has 100 valence electrons. The van der Waals surface area contributed by atoms with Crippen LogP contribution in [0.3, 0.4) is 0 Å². The molecule has 1 heterocycles. The Kier molecular flexibility index (Phi) is 3.23. The minimum absolute atomic E-state index is 0.462. The van der Waals surface area contributed by atoms with Crippen molar-refractivity contribution in [1.29, 1.82) is 0 Å². The molecule has 1 N–H and O–H groups in total. The van der Waals surface area contributed by atoms with Crippen LogP contribution in [0.25, 0.3) is 0 Å². The van der Waals surface area contributed by atoms with E-state index in [-0.39, 0.29) is 0 Å². The highest BCUT2D eigenvalue weighted by Gasteiger charge is 2.22. The molecule has 0 amide bonds. The third-order valence-corrected chi connectivity index (χ3v) is 5.34. The van der Waals surface area contributed by atoms with Crippen molar-refractivity contribution in [3.63, 3.8) is 0 Å². The molecule has 0 fully saturated rings. The van der Waals surface area contributed by atoms with Crippen molar-refractivity contribution < 1.29 is 5.11 Å². The molecule has 19 heavy (non-hydrogen) atoms. The Hall–Kier alpha value is -1.12. The van der Waals surface area contributed by atoms with Crippen LogP contribution in [0.1, 0.15) is 50.1 Å². The zero-order valence-electron chi connectivity index (χ0n) is 11.8. The average Bonchev–Trinajstić information content (AvgIpc) is 2.86. The van der Waals surface area contributed by atoms with E-state index in [9.17, 15) is 5.11 Å². The third-order valence-electron chi connectivity index (χ3n) is 4.05. The lowest BCUT2D eigenvalue weighted by molar-refractivity contribution is 0.222. The standard InChI is InChI=1S/C17H20OS/c1-10-7-11(2)16(12(3)8-10)17(18)15-9-13-5-4-6-14(13)19-15/h7-9,17-18H,4-6H2,1-3H3. The number of aliphatic hydroxyl groups is 1. The van der Waals surface area contributed by atoms with Crippen LogP contribution in [-0.4, -0.2) is 5.11 Å². The van der Waals surface area contributed by atoms with Crippen LogP contribution in [0, 0.1) is 20.8 Å². The minimum atomic E-state index is -0.462. The van der Waals surface area contributed by atoms with Gasteiger partial charge in [0, 0.05) is 9.75 Å². The summed E-state index contributed by atoms with van der Waals surface area (Å²) < 4.78 is 0. The van der Waals surface area contributed by atoms with Crippen molar-refractivity contribution in [1.82, 2.24) is 0 Å². The molecule has 2 heteroatoms. The van der Waals surface area contributed by atoms with E-state index in [0.717, 1.165) is 10.4 Å². The topological polar surface area (TPSA) is 20.2 Å². The van der Waals surface area contributed by atoms with Crippen LogP contribution in [-0.2, 0) is 12.8 Å². The predicted octanol–water partition coefficient (Wildman–Crippen LogP) is 4.24. The largest absolute Gasteiger partial charge is 0.383 e. The normalized spacial score (nSPS) is 15.6. The van der Waals surface area contributed by atoms with Crippen LogP contribution < -0.4 is 0 Å². The molecule has 1 nitrogen and oxygen atoms in total. The number of fused-ring (bicyclic) bond motifs is 1. The molecule has 1 aromatic heterocycles. The van der Waals surface area contributed by atoms with E-state index >= 15 is 0 Å². The molecule has 1 atom stereocenters. The van der Waals surface area contributed by atoms with E-state index in [4.69, 9.17) is 0 Å². The molecule has 1 aromatic carbocycles. The van der Waals surface area contributed by atoms with Gasteiger partial charge >= 0.3 is 0 Å². The first kappa shape index (κ1) is 12.9. The van der Waals surface area contributed by atoms with Crippen LogP contribution >= 0.6 is 11.3 Å². The molecule has 2 aromatic rings. The molecule has 1 unspecified atom stereocenters. The maximum atomic E-state index is 10.7. The lowest BCUT2D eigenvalue weighted by Gasteiger charge is -2.16. The van der Waals surface area contributed by atoms with Crippen LogP contribution in [0.4, 0.5) is 0 Å². The molecule has 0 aliphatic heterocycles. The van der Waals surface area contributed by atoms with E-state index in [0.29, 0.717) is 0 Å². The zero-order valence-corrected chi connectivity index (χ0v) is 12.6. The highest BCUT2D eigenvalue weighted by atomic mass is 32.1. The van der Waals surface area contributed by atoms with Gasteiger partial charge in [-0.3, -0.25) is 0 Å². The quantitative estimate of drug-likeness (QED) is 0.866. The van der Waals surface area contributed by atoms with Gasteiger partial charge in [0.05, 0.1) is 0 Å². The third kappa shape index (κ3) is 2.24. The maximum absolute atomic E-state index is 10.7. The predicted molar refractivity (Wildman–Crippen MR) is 81.1 cm³/mol. The molecule has 0 bridgehead atoms. The van der Waals surface area contributed by atoms with Crippen molar-refractivity contribution in [2.24, 2.45) is 0 Å². The molecule has 3 rings (SSSR count). The van der Waals surface area contributed by atoms with Crippen LogP contribution in [0.2, 0.25) is 0 Å². The summed E-state index contributed by atoms with van der Waals surface area (Å²) in [6, 6.07) is 6.54. The highest BCUT2D eigenvalue weighted by Crippen LogP contribution is 2.37. The molecular weight excluding hydrogens is 252 g/mol. The second-order valence-corrected chi connectivity index (χ2v) is 6.83. The van der Waals surface area contributed by atoms with Gasteiger partial charge in [0.1, 0.15) is 6.10 Å². The molecule has 0 radical (unpaired) electrons. The average molecular weight is 272 g/mol. The van der Waals surface area contributed by atoms with Gasteiger partial charge in [-0.05, 0) is 68.4 Å². The summed E-state index contributed by atoms with van der Waals surface area (Å²) in [6.45, 7) is 6.30. The summed E-state index contributed by atoms with van der Waals surface area (Å²) in [5.41, 5.74) is 6.20.